The minimum Gasteiger partial charge on any atom is -0.496 e. The Balaban J connectivity index is 2.21. The summed E-state index contributed by atoms with van der Waals surface area (Å²) in [6.07, 6.45) is 7.95. The topological polar surface area (TPSA) is 30.5 Å². The van der Waals surface area contributed by atoms with Gasteiger partial charge in [-0.1, -0.05) is 18.9 Å². The van der Waals surface area contributed by atoms with E-state index in [1.54, 1.807) is 7.11 Å². The second kappa shape index (κ2) is 7.53. The smallest absolute Gasteiger partial charge is 0.128 e. The highest BCUT2D eigenvalue weighted by atomic mass is 16.5. The first-order valence-corrected chi connectivity index (χ1v) is 7.77. The summed E-state index contributed by atoms with van der Waals surface area (Å²) in [5, 5.41) is 3.29. The SMILES string of the molecule is CNC(C)c1c(OC)cccc1OC1CCCCCC1. The van der Waals surface area contributed by atoms with E-state index in [0.29, 0.717) is 6.10 Å². The van der Waals surface area contributed by atoms with Crippen LogP contribution in [0.15, 0.2) is 18.2 Å². The van der Waals surface area contributed by atoms with Gasteiger partial charge in [0.15, 0.2) is 0 Å². The van der Waals surface area contributed by atoms with Crippen molar-refractivity contribution in [2.24, 2.45) is 0 Å². The van der Waals surface area contributed by atoms with E-state index in [1.165, 1.54) is 38.5 Å². The molecule has 0 heterocycles. The van der Waals surface area contributed by atoms with Crippen LogP contribution in [0.25, 0.3) is 0 Å². The molecule has 0 aromatic heterocycles. The Morgan fingerprint density at radius 3 is 2.35 bits per heavy atom. The van der Waals surface area contributed by atoms with Crippen molar-refractivity contribution in [3.05, 3.63) is 23.8 Å². The second-order valence-electron chi connectivity index (χ2n) is 5.61. The molecule has 1 aliphatic carbocycles. The first-order valence-electron chi connectivity index (χ1n) is 7.77. The minimum atomic E-state index is 0.215. The van der Waals surface area contributed by atoms with Gasteiger partial charge in [-0.25, -0.2) is 0 Å². The number of nitrogens with one attached hydrogen (secondary N) is 1. The number of ether oxygens (including phenoxy) is 2. The van der Waals surface area contributed by atoms with Crippen molar-refractivity contribution in [3.8, 4) is 11.5 Å². The molecule has 1 aliphatic rings. The lowest BCUT2D eigenvalue weighted by molar-refractivity contribution is 0.180. The van der Waals surface area contributed by atoms with E-state index >= 15 is 0 Å². The monoisotopic (exact) mass is 277 g/mol. The third kappa shape index (κ3) is 3.66. The van der Waals surface area contributed by atoms with Gasteiger partial charge < -0.3 is 14.8 Å². The largest absolute Gasteiger partial charge is 0.496 e. The molecule has 1 N–H and O–H groups in total. The quantitative estimate of drug-likeness (QED) is 0.823. The molecule has 0 amide bonds. The van der Waals surface area contributed by atoms with E-state index in [4.69, 9.17) is 9.47 Å². The number of hydrogen-bond acceptors (Lipinski definition) is 3. The van der Waals surface area contributed by atoms with Crippen LogP contribution in [0.2, 0.25) is 0 Å². The van der Waals surface area contributed by atoms with Crippen molar-refractivity contribution < 1.29 is 9.47 Å². The van der Waals surface area contributed by atoms with E-state index in [1.807, 2.05) is 19.2 Å². The van der Waals surface area contributed by atoms with Crippen molar-refractivity contribution in [2.45, 2.75) is 57.6 Å². The van der Waals surface area contributed by atoms with Crippen LogP contribution in [0.3, 0.4) is 0 Å². The Labute approximate surface area is 122 Å². The lowest BCUT2D eigenvalue weighted by atomic mass is 10.1. The molecule has 0 bridgehead atoms. The fourth-order valence-electron chi connectivity index (χ4n) is 2.92. The van der Waals surface area contributed by atoms with E-state index < -0.39 is 0 Å². The van der Waals surface area contributed by atoms with Gasteiger partial charge in [0.25, 0.3) is 0 Å². The molecule has 0 radical (unpaired) electrons. The lowest BCUT2D eigenvalue weighted by Gasteiger charge is -2.23. The predicted octanol–water partition coefficient (Wildman–Crippen LogP) is 4.08. The van der Waals surface area contributed by atoms with Gasteiger partial charge in [0.2, 0.25) is 0 Å². The van der Waals surface area contributed by atoms with Crippen LogP contribution in [0.1, 0.15) is 57.1 Å². The zero-order valence-electron chi connectivity index (χ0n) is 12.9. The Hall–Kier alpha value is -1.22. The molecule has 20 heavy (non-hydrogen) atoms. The Kier molecular flexibility index (Phi) is 5.72. The van der Waals surface area contributed by atoms with Crippen LogP contribution in [0.5, 0.6) is 11.5 Å². The normalized spacial score (nSPS) is 18.4. The number of hydrogen-bond donors (Lipinski definition) is 1. The summed E-state index contributed by atoms with van der Waals surface area (Å²) in [5.74, 6) is 1.87. The average Bonchev–Trinajstić information content (AvgIpc) is 2.75. The molecule has 0 saturated heterocycles. The average molecular weight is 277 g/mol. The highest BCUT2D eigenvalue weighted by molar-refractivity contribution is 5.46. The van der Waals surface area contributed by atoms with Crippen LogP contribution in [-0.2, 0) is 0 Å². The molecule has 1 atom stereocenters. The molecule has 1 fully saturated rings. The molecular formula is C17H27NO2. The summed E-state index contributed by atoms with van der Waals surface area (Å²) in [5.41, 5.74) is 1.13. The Morgan fingerprint density at radius 2 is 1.75 bits per heavy atom. The lowest BCUT2D eigenvalue weighted by Crippen LogP contribution is -2.19. The van der Waals surface area contributed by atoms with Gasteiger partial charge in [-0.05, 0) is 51.8 Å². The highest BCUT2D eigenvalue weighted by Gasteiger charge is 2.20. The molecule has 112 valence electrons. The first kappa shape index (κ1) is 15.2. The van der Waals surface area contributed by atoms with Crippen LogP contribution < -0.4 is 14.8 Å². The molecule has 0 spiro atoms. The zero-order valence-corrected chi connectivity index (χ0v) is 12.9. The number of methoxy groups -OCH3 is 1. The molecule has 0 aliphatic heterocycles. The van der Waals surface area contributed by atoms with Crippen molar-refractivity contribution in [2.75, 3.05) is 14.2 Å². The fourth-order valence-corrected chi connectivity index (χ4v) is 2.92. The maximum absolute atomic E-state index is 6.31. The second-order valence-corrected chi connectivity index (χ2v) is 5.61. The van der Waals surface area contributed by atoms with E-state index in [9.17, 15) is 0 Å². The number of rotatable bonds is 5. The van der Waals surface area contributed by atoms with E-state index in [2.05, 4.69) is 18.3 Å². The summed E-state index contributed by atoms with van der Waals surface area (Å²) < 4.78 is 11.8. The molecule has 3 heteroatoms. The van der Waals surface area contributed by atoms with Crippen molar-refractivity contribution in [1.29, 1.82) is 0 Å². The Bertz CT molecular complexity index is 411. The summed E-state index contributed by atoms with van der Waals surface area (Å²) >= 11 is 0. The van der Waals surface area contributed by atoms with Gasteiger partial charge in [0, 0.05) is 6.04 Å². The van der Waals surface area contributed by atoms with Crippen LogP contribution >= 0.6 is 0 Å². The molecule has 1 aromatic rings. The van der Waals surface area contributed by atoms with Crippen LogP contribution in [-0.4, -0.2) is 20.3 Å². The van der Waals surface area contributed by atoms with Crippen molar-refractivity contribution >= 4 is 0 Å². The summed E-state index contributed by atoms with van der Waals surface area (Å²) in [6, 6.07) is 6.29. The van der Waals surface area contributed by atoms with Gasteiger partial charge in [0.05, 0.1) is 18.8 Å². The zero-order chi connectivity index (χ0) is 14.4. The third-order valence-corrected chi connectivity index (χ3v) is 4.21. The fraction of sp³-hybridized carbons (Fsp3) is 0.647. The van der Waals surface area contributed by atoms with Gasteiger partial charge in [-0.15, -0.1) is 0 Å². The van der Waals surface area contributed by atoms with Gasteiger partial charge in [-0.2, -0.15) is 0 Å². The van der Waals surface area contributed by atoms with E-state index in [0.717, 1.165) is 17.1 Å². The van der Waals surface area contributed by atoms with E-state index in [-0.39, 0.29) is 6.04 Å². The first-order chi connectivity index (χ1) is 9.76. The predicted molar refractivity (Wildman–Crippen MR) is 82.6 cm³/mol. The highest BCUT2D eigenvalue weighted by Crippen LogP contribution is 2.35. The van der Waals surface area contributed by atoms with Crippen molar-refractivity contribution in [1.82, 2.24) is 5.32 Å². The summed E-state index contributed by atoms with van der Waals surface area (Å²) in [4.78, 5) is 0. The summed E-state index contributed by atoms with van der Waals surface area (Å²) in [6.45, 7) is 2.14. The maximum atomic E-state index is 6.31. The van der Waals surface area contributed by atoms with Crippen LogP contribution in [0, 0.1) is 0 Å². The molecule has 3 nitrogen and oxygen atoms in total. The summed E-state index contributed by atoms with van der Waals surface area (Å²) in [7, 11) is 3.68. The van der Waals surface area contributed by atoms with Crippen molar-refractivity contribution in [3.63, 3.8) is 0 Å². The molecule has 1 aromatic carbocycles. The molecular weight excluding hydrogens is 250 g/mol. The van der Waals surface area contributed by atoms with Gasteiger partial charge in [-0.3, -0.25) is 0 Å². The van der Waals surface area contributed by atoms with Crippen LogP contribution in [0.4, 0.5) is 0 Å². The third-order valence-electron chi connectivity index (χ3n) is 4.21. The minimum absolute atomic E-state index is 0.215. The molecule has 1 unspecified atom stereocenters. The maximum Gasteiger partial charge on any atom is 0.128 e. The number of benzene rings is 1. The van der Waals surface area contributed by atoms with Gasteiger partial charge >= 0.3 is 0 Å². The van der Waals surface area contributed by atoms with Gasteiger partial charge in [0.1, 0.15) is 11.5 Å². The molecule has 2 rings (SSSR count). The molecule has 1 saturated carbocycles. The standard InChI is InChI=1S/C17H27NO2/c1-13(18-2)17-15(19-3)11-8-12-16(17)20-14-9-6-4-5-7-10-14/h8,11-14,18H,4-7,9-10H2,1-3H3. The Morgan fingerprint density at radius 1 is 1.10 bits per heavy atom.